The first-order valence-corrected chi connectivity index (χ1v) is 11.1. The molecule has 0 aromatic heterocycles. The highest BCUT2D eigenvalue weighted by Gasteiger charge is 2.46. The van der Waals surface area contributed by atoms with Crippen molar-refractivity contribution in [3.8, 4) is 5.75 Å². The van der Waals surface area contributed by atoms with Crippen LogP contribution in [-0.4, -0.2) is 62.2 Å². The van der Waals surface area contributed by atoms with Crippen LogP contribution < -0.4 is 20.7 Å². The quantitative estimate of drug-likeness (QED) is 0.438. The topological polar surface area (TPSA) is 118 Å². The van der Waals surface area contributed by atoms with Crippen LogP contribution in [0.15, 0.2) is 42.5 Å². The SMILES string of the molecule is COCCNC(=O)C[C@@H]1C[C@@H]2c3cc(NC(=O)Nc4ccccc4F)ccc3O[C@@H]2[C@@H](CO)O1. The van der Waals surface area contributed by atoms with E-state index in [0.29, 0.717) is 31.0 Å². The zero-order valence-corrected chi connectivity index (χ0v) is 18.8. The Bertz CT molecular complexity index is 1040. The maximum atomic E-state index is 13.8. The molecule has 2 aromatic rings. The number of anilines is 2. The van der Waals surface area contributed by atoms with Crippen molar-refractivity contribution in [2.24, 2.45) is 0 Å². The summed E-state index contributed by atoms with van der Waals surface area (Å²) in [7, 11) is 1.56. The molecule has 9 nitrogen and oxygen atoms in total. The Morgan fingerprint density at radius 3 is 2.79 bits per heavy atom. The third-order valence-corrected chi connectivity index (χ3v) is 5.92. The molecule has 1 saturated heterocycles. The number of aliphatic hydroxyl groups excluding tert-OH is 1. The minimum atomic E-state index is -0.580. The van der Waals surface area contributed by atoms with Crippen molar-refractivity contribution in [1.82, 2.24) is 5.32 Å². The van der Waals surface area contributed by atoms with Crippen LogP contribution in [0.4, 0.5) is 20.6 Å². The van der Waals surface area contributed by atoms with Gasteiger partial charge in [-0.2, -0.15) is 0 Å². The van der Waals surface area contributed by atoms with E-state index in [0.717, 1.165) is 5.56 Å². The molecular formula is C24H28FN3O6. The number of fused-ring (bicyclic) bond motifs is 3. The summed E-state index contributed by atoms with van der Waals surface area (Å²) in [5.41, 5.74) is 1.45. The number of halogens is 1. The number of nitrogens with one attached hydrogen (secondary N) is 3. The van der Waals surface area contributed by atoms with E-state index in [-0.39, 0.29) is 30.5 Å². The Morgan fingerprint density at radius 2 is 2.03 bits per heavy atom. The molecule has 0 spiro atoms. The predicted molar refractivity (Wildman–Crippen MR) is 123 cm³/mol. The van der Waals surface area contributed by atoms with Gasteiger partial charge in [-0.3, -0.25) is 4.79 Å². The Kier molecular flexibility index (Phi) is 7.61. The average Bonchev–Trinajstić information content (AvgIpc) is 3.18. The first-order valence-electron chi connectivity index (χ1n) is 11.1. The number of urea groups is 1. The largest absolute Gasteiger partial charge is 0.487 e. The van der Waals surface area contributed by atoms with Crippen LogP contribution in [0.2, 0.25) is 0 Å². The van der Waals surface area contributed by atoms with Gasteiger partial charge in [0.05, 0.1) is 31.4 Å². The number of benzene rings is 2. The lowest BCUT2D eigenvalue weighted by molar-refractivity contribution is -0.142. The molecule has 2 heterocycles. The van der Waals surface area contributed by atoms with E-state index in [1.807, 2.05) is 0 Å². The fraction of sp³-hybridized carbons (Fsp3) is 0.417. The third-order valence-electron chi connectivity index (χ3n) is 5.92. The molecule has 0 saturated carbocycles. The van der Waals surface area contributed by atoms with Crippen molar-refractivity contribution in [3.63, 3.8) is 0 Å². The molecule has 2 aliphatic heterocycles. The van der Waals surface area contributed by atoms with Crippen LogP contribution in [0.5, 0.6) is 5.75 Å². The molecule has 34 heavy (non-hydrogen) atoms. The summed E-state index contributed by atoms with van der Waals surface area (Å²) in [5, 5.41) is 17.8. The van der Waals surface area contributed by atoms with Crippen LogP contribution in [0.1, 0.15) is 24.3 Å². The zero-order chi connectivity index (χ0) is 24.1. The van der Waals surface area contributed by atoms with E-state index in [2.05, 4.69) is 16.0 Å². The maximum absolute atomic E-state index is 13.8. The number of para-hydroxylation sites is 1. The monoisotopic (exact) mass is 473 g/mol. The molecule has 4 N–H and O–H groups in total. The lowest BCUT2D eigenvalue weighted by Crippen LogP contribution is -2.47. The lowest BCUT2D eigenvalue weighted by Gasteiger charge is -2.37. The summed E-state index contributed by atoms with van der Waals surface area (Å²) >= 11 is 0. The first-order chi connectivity index (χ1) is 16.5. The number of amides is 3. The van der Waals surface area contributed by atoms with Crippen molar-refractivity contribution in [1.29, 1.82) is 0 Å². The van der Waals surface area contributed by atoms with E-state index in [1.165, 1.54) is 12.1 Å². The van der Waals surface area contributed by atoms with E-state index in [1.54, 1.807) is 37.4 Å². The molecule has 10 heteroatoms. The van der Waals surface area contributed by atoms with Gasteiger partial charge in [-0.25, -0.2) is 9.18 Å². The third kappa shape index (κ3) is 5.46. The fourth-order valence-corrected chi connectivity index (χ4v) is 4.39. The molecule has 0 unspecified atom stereocenters. The van der Waals surface area contributed by atoms with Crippen molar-refractivity contribution in [2.75, 3.05) is 37.5 Å². The van der Waals surface area contributed by atoms with Gasteiger partial charge in [0.25, 0.3) is 0 Å². The van der Waals surface area contributed by atoms with E-state index in [4.69, 9.17) is 14.2 Å². The number of carbonyl (C=O) groups excluding carboxylic acids is 2. The highest BCUT2D eigenvalue weighted by atomic mass is 19.1. The van der Waals surface area contributed by atoms with Gasteiger partial charge in [0.1, 0.15) is 23.8 Å². The molecular weight excluding hydrogens is 445 g/mol. The molecule has 182 valence electrons. The Balaban J connectivity index is 1.44. The molecule has 3 amide bonds. The first kappa shape index (κ1) is 23.9. The molecule has 2 aliphatic rings. The lowest BCUT2D eigenvalue weighted by atomic mass is 9.84. The standard InChI is InChI=1S/C24H28FN3O6/c1-32-9-8-26-22(30)12-15-11-17-16-10-14(6-7-20(16)34-23(17)21(13-29)33-15)27-24(31)28-19-5-3-2-4-18(19)25/h2-7,10,15,17,21,23,29H,8-9,11-13H2,1H3,(H,26,30)(H2,27,28,31)/t15-,17+,21+,23-/m0/s1. The number of ether oxygens (including phenoxy) is 3. The van der Waals surface area contributed by atoms with Crippen molar-refractivity contribution in [3.05, 3.63) is 53.8 Å². The summed E-state index contributed by atoms with van der Waals surface area (Å²) < 4.78 is 30.7. The molecule has 2 aromatic carbocycles. The smallest absolute Gasteiger partial charge is 0.323 e. The van der Waals surface area contributed by atoms with Gasteiger partial charge >= 0.3 is 6.03 Å². The summed E-state index contributed by atoms with van der Waals surface area (Å²) in [6.45, 7) is 0.587. The Labute approximate surface area is 196 Å². The van der Waals surface area contributed by atoms with Gasteiger partial charge in [0, 0.05) is 30.8 Å². The fourth-order valence-electron chi connectivity index (χ4n) is 4.39. The summed E-state index contributed by atoms with van der Waals surface area (Å²) in [6.07, 6.45) is -0.686. The summed E-state index contributed by atoms with van der Waals surface area (Å²) in [4.78, 5) is 24.6. The second-order valence-corrected chi connectivity index (χ2v) is 8.26. The van der Waals surface area contributed by atoms with E-state index < -0.39 is 30.2 Å². The van der Waals surface area contributed by atoms with Gasteiger partial charge in [0.2, 0.25) is 5.91 Å². The Morgan fingerprint density at radius 1 is 1.21 bits per heavy atom. The molecule has 0 bridgehead atoms. The number of aliphatic hydroxyl groups is 1. The molecule has 4 rings (SSSR count). The zero-order valence-electron chi connectivity index (χ0n) is 18.8. The van der Waals surface area contributed by atoms with Crippen LogP contribution in [0, 0.1) is 5.82 Å². The van der Waals surface area contributed by atoms with Gasteiger partial charge in [-0.15, -0.1) is 0 Å². The van der Waals surface area contributed by atoms with Crippen LogP contribution >= 0.6 is 0 Å². The number of hydrogen-bond donors (Lipinski definition) is 4. The van der Waals surface area contributed by atoms with Crippen LogP contribution in [0.25, 0.3) is 0 Å². The molecule has 0 aliphatic carbocycles. The second kappa shape index (κ2) is 10.8. The van der Waals surface area contributed by atoms with E-state index in [9.17, 15) is 19.1 Å². The maximum Gasteiger partial charge on any atom is 0.323 e. The van der Waals surface area contributed by atoms with Crippen LogP contribution in [-0.2, 0) is 14.3 Å². The minimum Gasteiger partial charge on any atom is -0.487 e. The summed E-state index contributed by atoms with van der Waals surface area (Å²) in [6, 6.07) is 10.6. The van der Waals surface area contributed by atoms with Gasteiger partial charge in [-0.1, -0.05) is 12.1 Å². The number of rotatable bonds is 8. The van der Waals surface area contributed by atoms with Gasteiger partial charge in [0.15, 0.2) is 0 Å². The predicted octanol–water partition coefficient (Wildman–Crippen LogP) is 2.62. The van der Waals surface area contributed by atoms with Crippen LogP contribution in [0.3, 0.4) is 0 Å². The molecule has 0 radical (unpaired) electrons. The van der Waals surface area contributed by atoms with Crippen molar-refractivity contribution >= 4 is 23.3 Å². The number of carbonyl (C=O) groups is 2. The second-order valence-electron chi connectivity index (χ2n) is 8.26. The highest BCUT2D eigenvalue weighted by Crippen LogP contribution is 2.47. The average molecular weight is 474 g/mol. The Hall–Kier alpha value is -3.21. The molecule has 4 atom stereocenters. The van der Waals surface area contributed by atoms with Crippen molar-refractivity contribution in [2.45, 2.75) is 37.1 Å². The summed E-state index contributed by atoms with van der Waals surface area (Å²) in [5.74, 6) is -0.162. The number of methoxy groups -OCH3 is 1. The normalized spacial score (nSPS) is 22.8. The van der Waals surface area contributed by atoms with Gasteiger partial charge < -0.3 is 35.3 Å². The highest BCUT2D eigenvalue weighted by molar-refractivity contribution is 5.99. The van der Waals surface area contributed by atoms with E-state index >= 15 is 0 Å². The molecule has 1 fully saturated rings. The minimum absolute atomic E-state index is 0.0754. The van der Waals surface area contributed by atoms with Crippen molar-refractivity contribution < 1.29 is 33.3 Å². The van der Waals surface area contributed by atoms with Gasteiger partial charge in [-0.05, 0) is 36.8 Å². The number of hydrogen-bond acceptors (Lipinski definition) is 6.